The number of nitrogens with zero attached hydrogens (tertiary/aromatic N) is 1. The molecule has 0 fully saturated rings. The summed E-state index contributed by atoms with van der Waals surface area (Å²) in [7, 11) is 0. The fraction of sp³-hybridized carbons (Fsp3) is 0.462. The molecule has 0 saturated carbocycles. The van der Waals surface area contributed by atoms with Crippen LogP contribution in [0.15, 0.2) is 28.9 Å². The van der Waals surface area contributed by atoms with Gasteiger partial charge < -0.3 is 4.74 Å². The molecule has 0 aromatic carbocycles. The molecular weight excluding hydrogens is 302 g/mol. The van der Waals surface area contributed by atoms with E-state index in [1.165, 1.54) is 0 Å². The van der Waals surface area contributed by atoms with Crippen molar-refractivity contribution in [2.75, 3.05) is 6.61 Å². The monoisotopic (exact) mass is 315 g/mol. The summed E-state index contributed by atoms with van der Waals surface area (Å²) >= 11 is 9.37. The lowest BCUT2D eigenvalue weighted by molar-refractivity contribution is 0.193. The molecule has 1 aromatic heterocycles. The second kappa shape index (κ2) is 5.87. The maximum atomic E-state index is 6.05. The van der Waals surface area contributed by atoms with Crippen LogP contribution < -0.4 is 4.74 Å². The zero-order valence-corrected chi connectivity index (χ0v) is 12.0. The smallest absolute Gasteiger partial charge is 0.232 e. The van der Waals surface area contributed by atoms with Crippen molar-refractivity contribution in [1.29, 1.82) is 0 Å². The van der Waals surface area contributed by atoms with E-state index in [1.807, 2.05) is 0 Å². The third kappa shape index (κ3) is 3.46. The number of aromatic nitrogens is 1. The van der Waals surface area contributed by atoms with Gasteiger partial charge in [-0.25, -0.2) is 4.98 Å². The lowest BCUT2D eigenvalue weighted by Gasteiger charge is -2.25. The third-order valence-electron chi connectivity index (χ3n) is 3.13. The molecule has 0 bridgehead atoms. The Kier molecular flexibility index (Phi) is 4.46. The van der Waals surface area contributed by atoms with E-state index in [0.717, 1.165) is 17.3 Å². The maximum Gasteiger partial charge on any atom is 0.232 e. The van der Waals surface area contributed by atoms with Gasteiger partial charge in [0.05, 0.1) is 6.61 Å². The Hall–Kier alpha value is -0.540. The van der Waals surface area contributed by atoms with Gasteiger partial charge in [-0.1, -0.05) is 30.7 Å². The van der Waals surface area contributed by atoms with Crippen LogP contribution in [0.25, 0.3) is 0 Å². The highest BCUT2D eigenvalue weighted by molar-refractivity contribution is 9.10. The molecule has 0 spiro atoms. The fourth-order valence-corrected chi connectivity index (χ4v) is 2.62. The molecule has 0 aliphatic heterocycles. The van der Waals surface area contributed by atoms with Crippen molar-refractivity contribution in [2.24, 2.45) is 11.8 Å². The highest BCUT2D eigenvalue weighted by Crippen LogP contribution is 2.28. The molecule has 2 rings (SSSR count). The minimum atomic E-state index is 0.525. The van der Waals surface area contributed by atoms with E-state index < -0.39 is 0 Å². The van der Waals surface area contributed by atoms with Gasteiger partial charge in [-0.3, -0.25) is 0 Å². The summed E-state index contributed by atoms with van der Waals surface area (Å²) in [5.74, 6) is 1.74. The van der Waals surface area contributed by atoms with Gasteiger partial charge in [0.2, 0.25) is 5.88 Å². The van der Waals surface area contributed by atoms with Gasteiger partial charge in [0.25, 0.3) is 0 Å². The van der Waals surface area contributed by atoms with Crippen LogP contribution in [0.2, 0.25) is 5.02 Å². The lowest BCUT2D eigenvalue weighted by Crippen LogP contribution is -2.21. The first-order chi connectivity index (χ1) is 8.16. The zero-order valence-electron chi connectivity index (χ0n) is 9.70. The van der Waals surface area contributed by atoms with E-state index >= 15 is 0 Å². The number of hydrogen-bond acceptors (Lipinski definition) is 2. The largest absolute Gasteiger partial charge is 0.476 e. The predicted octanol–water partition coefficient (Wildman–Crippen LogP) is 4.48. The number of rotatable bonds is 3. The summed E-state index contributed by atoms with van der Waals surface area (Å²) in [5.41, 5.74) is 0. The van der Waals surface area contributed by atoms with Crippen molar-refractivity contribution in [3.8, 4) is 5.88 Å². The molecule has 1 aromatic rings. The highest BCUT2D eigenvalue weighted by atomic mass is 79.9. The van der Waals surface area contributed by atoms with Gasteiger partial charge in [0.1, 0.15) is 5.02 Å². The average molecular weight is 317 g/mol. The number of halogens is 2. The number of pyridine rings is 1. The molecule has 2 nitrogen and oxygen atoms in total. The van der Waals surface area contributed by atoms with Crippen molar-refractivity contribution in [2.45, 2.75) is 19.8 Å². The molecular formula is C13H15BrClNO. The maximum absolute atomic E-state index is 6.05. The Balaban J connectivity index is 1.95. The molecule has 1 aliphatic carbocycles. The Morgan fingerprint density at radius 2 is 2.24 bits per heavy atom. The number of hydrogen-bond donors (Lipinski definition) is 0. The van der Waals surface area contributed by atoms with Gasteiger partial charge in [0.15, 0.2) is 0 Å². The van der Waals surface area contributed by atoms with Gasteiger partial charge >= 0.3 is 0 Å². The molecule has 0 radical (unpaired) electrons. The summed E-state index contributed by atoms with van der Waals surface area (Å²) in [6.07, 6.45) is 8.38. The van der Waals surface area contributed by atoms with Crippen molar-refractivity contribution in [1.82, 2.24) is 4.98 Å². The first kappa shape index (κ1) is 12.9. The zero-order chi connectivity index (χ0) is 12.3. The molecule has 2 atom stereocenters. The number of allylic oxidation sites excluding steroid dienone is 2. The molecule has 0 amide bonds. The van der Waals surface area contributed by atoms with Crippen molar-refractivity contribution in [3.05, 3.63) is 33.9 Å². The molecule has 0 saturated heterocycles. The summed E-state index contributed by atoms with van der Waals surface area (Å²) in [4.78, 5) is 4.17. The van der Waals surface area contributed by atoms with Crippen LogP contribution in [0.4, 0.5) is 0 Å². The van der Waals surface area contributed by atoms with E-state index in [9.17, 15) is 0 Å². The Labute approximate surface area is 115 Å². The average Bonchev–Trinajstić information content (AvgIpc) is 2.30. The summed E-state index contributed by atoms with van der Waals surface area (Å²) in [5, 5.41) is 0.554. The van der Waals surface area contributed by atoms with Crippen LogP contribution in [0.3, 0.4) is 0 Å². The summed E-state index contributed by atoms with van der Waals surface area (Å²) in [6.45, 7) is 2.94. The molecule has 1 aliphatic rings. The third-order valence-corrected chi connectivity index (χ3v) is 3.83. The summed E-state index contributed by atoms with van der Waals surface area (Å²) < 4.78 is 6.57. The first-order valence-corrected chi connectivity index (χ1v) is 6.92. The van der Waals surface area contributed by atoms with E-state index in [1.54, 1.807) is 12.3 Å². The van der Waals surface area contributed by atoms with Gasteiger partial charge in [0, 0.05) is 10.7 Å². The SMILES string of the molecule is CC1CC=CCC1COc1ncc(Br)cc1Cl. The van der Waals surface area contributed by atoms with Crippen molar-refractivity contribution in [3.63, 3.8) is 0 Å². The Morgan fingerprint density at radius 3 is 2.94 bits per heavy atom. The van der Waals surface area contributed by atoms with Crippen LogP contribution in [0, 0.1) is 11.8 Å². The second-order valence-electron chi connectivity index (χ2n) is 4.43. The Morgan fingerprint density at radius 1 is 1.47 bits per heavy atom. The molecule has 17 heavy (non-hydrogen) atoms. The van der Waals surface area contributed by atoms with E-state index in [2.05, 4.69) is 40.0 Å². The topological polar surface area (TPSA) is 22.1 Å². The van der Waals surface area contributed by atoms with Gasteiger partial charge in [-0.05, 0) is 46.7 Å². The van der Waals surface area contributed by atoms with Crippen LogP contribution in [-0.4, -0.2) is 11.6 Å². The van der Waals surface area contributed by atoms with E-state index in [0.29, 0.717) is 29.3 Å². The molecule has 2 unspecified atom stereocenters. The highest BCUT2D eigenvalue weighted by Gasteiger charge is 2.19. The predicted molar refractivity (Wildman–Crippen MR) is 73.5 cm³/mol. The van der Waals surface area contributed by atoms with Gasteiger partial charge in [-0.2, -0.15) is 0 Å². The quantitative estimate of drug-likeness (QED) is 0.767. The van der Waals surface area contributed by atoms with Crippen molar-refractivity contribution >= 4 is 27.5 Å². The second-order valence-corrected chi connectivity index (χ2v) is 5.75. The summed E-state index contributed by atoms with van der Waals surface area (Å²) in [6, 6.07) is 1.80. The van der Waals surface area contributed by atoms with Crippen molar-refractivity contribution < 1.29 is 4.74 Å². The standard InChI is InChI=1S/C13H15BrClNO/c1-9-4-2-3-5-10(9)8-17-13-12(15)6-11(14)7-16-13/h2-3,6-7,9-10H,4-5,8H2,1H3. The molecule has 0 N–H and O–H groups in total. The van der Waals surface area contributed by atoms with E-state index in [-0.39, 0.29) is 0 Å². The van der Waals surface area contributed by atoms with E-state index in [4.69, 9.17) is 16.3 Å². The molecule has 1 heterocycles. The van der Waals surface area contributed by atoms with Crippen LogP contribution in [0.1, 0.15) is 19.8 Å². The lowest BCUT2D eigenvalue weighted by atomic mass is 9.85. The molecule has 92 valence electrons. The molecule has 4 heteroatoms. The minimum Gasteiger partial charge on any atom is -0.476 e. The number of ether oxygens (including phenoxy) is 1. The first-order valence-electron chi connectivity index (χ1n) is 5.75. The normalized spacial score (nSPS) is 23.7. The minimum absolute atomic E-state index is 0.525. The Bertz CT molecular complexity index is 422. The van der Waals surface area contributed by atoms with Crippen LogP contribution in [0.5, 0.6) is 5.88 Å². The van der Waals surface area contributed by atoms with Crippen LogP contribution in [-0.2, 0) is 0 Å². The van der Waals surface area contributed by atoms with Gasteiger partial charge in [-0.15, -0.1) is 0 Å². The van der Waals surface area contributed by atoms with Crippen LogP contribution >= 0.6 is 27.5 Å². The fourth-order valence-electron chi connectivity index (χ4n) is 1.93.